The van der Waals surface area contributed by atoms with Gasteiger partial charge in [-0.1, -0.05) is 41.6 Å². The summed E-state index contributed by atoms with van der Waals surface area (Å²) >= 11 is 0. The van der Waals surface area contributed by atoms with Crippen molar-refractivity contribution in [2.45, 2.75) is 13.5 Å². The van der Waals surface area contributed by atoms with Gasteiger partial charge in [0.25, 0.3) is 5.91 Å². The standard InChI is InChI=1S/C18H16N8O/c1-11-21-17(23-18(22-11)20-10-12-6-3-2-4-7-12)15-13-8-5-9-14(16(19)27)26(13)25-24-15/h2-9H,10H2,1H3,(H2,19,27)(H,20,21,22,23). The van der Waals surface area contributed by atoms with Crippen molar-refractivity contribution in [3.05, 3.63) is 65.6 Å². The van der Waals surface area contributed by atoms with Gasteiger partial charge in [-0.2, -0.15) is 9.97 Å². The van der Waals surface area contributed by atoms with Crippen LogP contribution in [0.25, 0.3) is 17.0 Å². The molecule has 1 amide bonds. The van der Waals surface area contributed by atoms with E-state index in [0.29, 0.717) is 35.4 Å². The lowest BCUT2D eigenvalue weighted by Gasteiger charge is -2.07. The zero-order chi connectivity index (χ0) is 18.8. The van der Waals surface area contributed by atoms with Gasteiger partial charge in [0.15, 0.2) is 11.5 Å². The predicted molar refractivity (Wildman–Crippen MR) is 98.8 cm³/mol. The normalized spacial score (nSPS) is 10.9. The highest BCUT2D eigenvalue weighted by atomic mass is 16.1. The van der Waals surface area contributed by atoms with E-state index in [0.717, 1.165) is 5.56 Å². The Morgan fingerprint density at radius 3 is 2.67 bits per heavy atom. The Bertz CT molecular complexity index is 1120. The number of carbonyl (C=O) groups is 1. The lowest BCUT2D eigenvalue weighted by molar-refractivity contribution is 0.0993. The van der Waals surface area contributed by atoms with Crippen molar-refractivity contribution in [3.63, 3.8) is 0 Å². The molecule has 134 valence electrons. The van der Waals surface area contributed by atoms with Crippen molar-refractivity contribution < 1.29 is 4.79 Å². The summed E-state index contributed by atoms with van der Waals surface area (Å²) in [5, 5.41) is 11.3. The number of aromatic nitrogens is 6. The number of fused-ring (bicyclic) bond motifs is 1. The highest BCUT2D eigenvalue weighted by Crippen LogP contribution is 2.20. The van der Waals surface area contributed by atoms with Crippen LogP contribution in [0.5, 0.6) is 0 Å². The first kappa shape index (κ1) is 16.6. The van der Waals surface area contributed by atoms with Crippen molar-refractivity contribution in [2.75, 3.05) is 5.32 Å². The highest BCUT2D eigenvalue weighted by molar-refractivity contribution is 5.92. The zero-order valence-electron chi connectivity index (χ0n) is 14.5. The molecule has 4 aromatic rings. The van der Waals surface area contributed by atoms with Crippen LogP contribution in [-0.2, 0) is 6.54 Å². The van der Waals surface area contributed by atoms with Crippen molar-refractivity contribution in [2.24, 2.45) is 5.73 Å². The van der Waals surface area contributed by atoms with E-state index in [1.165, 1.54) is 4.52 Å². The number of nitrogens with zero attached hydrogens (tertiary/aromatic N) is 6. The molecule has 0 aliphatic heterocycles. The van der Waals surface area contributed by atoms with Crippen LogP contribution in [0.3, 0.4) is 0 Å². The second kappa shape index (κ2) is 6.79. The minimum absolute atomic E-state index is 0.236. The monoisotopic (exact) mass is 360 g/mol. The first-order valence-corrected chi connectivity index (χ1v) is 8.27. The van der Waals surface area contributed by atoms with Gasteiger partial charge in [0.05, 0.1) is 5.52 Å². The van der Waals surface area contributed by atoms with Gasteiger partial charge in [0.2, 0.25) is 5.95 Å². The molecule has 3 aromatic heterocycles. The third-order valence-corrected chi connectivity index (χ3v) is 3.95. The second-order valence-corrected chi connectivity index (χ2v) is 5.88. The van der Waals surface area contributed by atoms with Gasteiger partial charge in [-0.25, -0.2) is 9.50 Å². The molecule has 9 nitrogen and oxygen atoms in total. The number of hydrogen-bond acceptors (Lipinski definition) is 7. The summed E-state index contributed by atoms with van der Waals surface area (Å²) in [6.45, 7) is 2.36. The molecule has 0 atom stereocenters. The Morgan fingerprint density at radius 1 is 1.07 bits per heavy atom. The number of pyridine rings is 1. The molecule has 0 bridgehead atoms. The number of amides is 1. The van der Waals surface area contributed by atoms with E-state index in [2.05, 4.69) is 30.6 Å². The van der Waals surface area contributed by atoms with Crippen molar-refractivity contribution in [3.8, 4) is 11.5 Å². The van der Waals surface area contributed by atoms with Crippen LogP contribution in [0.2, 0.25) is 0 Å². The minimum Gasteiger partial charge on any atom is -0.364 e. The smallest absolute Gasteiger partial charge is 0.267 e. The van der Waals surface area contributed by atoms with Gasteiger partial charge < -0.3 is 11.1 Å². The molecule has 0 saturated carbocycles. The number of rotatable bonds is 5. The average Bonchev–Trinajstić information content (AvgIpc) is 3.11. The molecular weight excluding hydrogens is 344 g/mol. The summed E-state index contributed by atoms with van der Waals surface area (Å²) in [6.07, 6.45) is 0. The van der Waals surface area contributed by atoms with E-state index in [4.69, 9.17) is 5.73 Å². The first-order chi connectivity index (χ1) is 13.1. The van der Waals surface area contributed by atoms with Crippen LogP contribution in [0.1, 0.15) is 21.9 Å². The summed E-state index contributed by atoms with van der Waals surface area (Å²) in [4.78, 5) is 24.7. The van der Waals surface area contributed by atoms with Crippen molar-refractivity contribution in [1.82, 2.24) is 29.8 Å². The molecule has 0 unspecified atom stereocenters. The predicted octanol–water partition coefficient (Wildman–Crippen LogP) is 1.60. The largest absolute Gasteiger partial charge is 0.364 e. The van der Waals surface area contributed by atoms with E-state index in [1.54, 1.807) is 25.1 Å². The van der Waals surface area contributed by atoms with E-state index < -0.39 is 5.91 Å². The Kier molecular flexibility index (Phi) is 4.17. The third kappa shape index (κ3) is 3.30. The van der Waals surface area contributed by atoms with E-state index in [9.17, 15) is 4.79 Å². The number of hydrogen-bond donors (Lipinski definition) is 2. The van der Waals surface area contributed by atoms with Crippen LogP contribution in [0.15, 0.2) is 48.5 Å². The first-order valence-electron chi connectivity index (χ1n) is 8.27. The van der Waals surface area contributed by atoms with Gasteiger partial charge in [0.1, 0.15) is 11.5 Å². The molecule has 3 heterocycles. The summed E-state index contributed by atoms with van der Waals surface area (Å²) in [6, 6.07) is 15.0. The topological polar surface area (TPSA) is 124 Å². The number of nitrogens with one attached hydrogen (secondary N) is 1. The number of nitrogens with two attached hydrogens (primary N) is 1. The maximum absolute atomic E-state index is 11.6. The third-order valence-electron chi connectivity index (χ3n) is 3.95. The molecule has 0 fully saturated rings. The summed E-state index contributed by atoms with van der Waals surface area (Å²) < 4.78 is 1.38. The van der Waals surface area contributed by atoms with Crippen molar-refractivity contribution >= 4 is 17.4 Å². The van der Waals surface area contributed by atoms with Crippen LogP contribution >= 0.6 is 0 Å². The fourth-order valence-corrected chi connectivity index (χ4v) is 2.71. The van der Waals surface area contributed by atoms with Crippen LogP contribution in [0.4, 0.5) is 5.95 Å². The summed E-state index contributed by atoms with van der Waals surface area (Å²) in [5.74, 6) is 0.764. The van der Waals surface area contributed by atoms with E-state index in [1.807, 2.05) is 30.3 Å². The molecule has 4 rings (SSSR count). The Labute approximate surface area is 154 Å². The van der Waals surface area contributed by atoms with E-state index in [-0.39, 0.29) is 5.69 Å². The molecule has 1 aromatic carbocycles. The van der Waals surface area contributed by atoms with Gasteiger partial charge in [-0.15, -0.1) is 5.10 Å². The maximum atomic E-state index is 11.6. The number of aryl methyl sites for hydroxylation is 1. The van der Waals surface area contributed by atoms with Crippen LogP contribution in [-0.4, -0.2) is 35.7 Å². The SMILES string of the molecule is Cc1nc(NCc2ccccc2)nc(-c2nnn3c(C(N)=O)cccc23)n1. The Balaban J connectivity index is 1.70. The quantitative estimate of drug-likeness (QED) is 0.554. The van der Waals surface area contributed by atoms with Gasteiger partial charge in [0, 0.05) is 6.54 Å². The molecule has 27 heavy (non-hydrogen) atoms. The van der Waals surface area contributed by atoms with E-state index >= 15 is 0 Å². The fraction of sp³-hybridized carbons (Fsp3) is 0.111. The Hall–Kier alpha value is -3.88. The second-order valence-electron chi connectivity index (χ2n) is 5.88. The molecular formula is C18H16N8O. The minimum atomic E-state index is -0.589. The summed E-state index contributed by atoms with van der Waals surface area (Å²) in [7, 11) is 0. The molecule has 0 spiro atoms. The number of carbonyl (C=O) groups excluding carboxylic acids is 1. The van der Waals surface area contributed by atoms with Crippen LogP contribution < -0.4 is 11.1 Å². The molecule has 0 aliphatic rings. The van der Waals surface area contributed by atoms with Crippen LogP contribution in [0, 0.1) is 6.92 Å². The fourth-order valence-electron chi connectivity index (χ4n) is 2.71. The summed E-state index contributed by atoms with van der Waals surface area (Å²) in [5.41, 5.74) is 7.78. The molecule has 0 radical (unpaired) electrons. The molecule has 0 aliphatic carbocycles. The molecule has 3 N–H and O–H groups in total. The maximum Gasteiger partial charge on any atom is 0.267 e. The molecule has 9 heteroatoms. The Morgan fingerprint density at radius 2 is 1.89 bits per heavy atom. The van der Waals surface area contributed by atoms with Gasteiger partial charge in [-0.05, 0) is 24.6 Å². The zero-order valence-corrected chi connectivity index (χ0v) is 14.5. The van der Waals surface area contributed by atoms with Gasteiger partial charge in [-0.3, -0.25) is 4.79 Å². The number of primary amides is 1. The lowest BCUT2D eigenvalue weighted by Crippen LogP contribution is -2.15. The lowest BCUT2D eigenvalue weighted by atomic mass is 10.2. The molecule has 0 saturated heterocycles. The highest BCUT2D eigenvalue weighted by Gasteiger charge is 2.17. The average molecular weight is 360 g/mol. The van der Waals surface area contributed by atoms with Gasteiger partial charge >= 0.3 is 0 Å². The number of anilines is 1. The van der Waals surface area contributed by atoms with Crippen molar-refractivity contribution in [1.29, 1.82) is 0 Å². The number of benzene rings is 1.